The topological polar surface area (TPSA) is 249 Å². The predicted octanol–water partition coefficient (Wildman–Crippen LogP) is 1.22. The van der Waals surface area contributed by atoms with E-state index in [1.54, 1.807) is 0 Å². The van der Waals surface area contributed by atoms with Crippen molar-refractivity contribution < 1.29 is 66.0 Å². The first-order valence-electron chi connectivity index (χ1n) is 6.47. The molecular formula is C10H16O14P4. The lowest BCUT2D eigenvalue weighted by molar-refractivity contribution is 0.221. The molecule has 18 heteroatoms. The van der Waals surface area contributed by atoms with E-state index in [1.807, 2.05) is 0 Å². The Morgan fingerprint density at radius 3 is 0.750 bits per heavy atom. The summed E-state index contributed by atoms with van der Waals surface area (Å²) in [4.78, 5) is 62.0. The van der Waals surface area contributed by atoms with Crippen LogP contribution in [0.3, 0.4) is 0 Å². The zero-order chi connectivity index (χ0) is 22.2. The third-order valence-corrected chi connectivity index (χ3v) is 5.49. The zero-order valence-corrected chi connectivity index (χ0v) is 17.0. The van der Waals surface area contributed by atoms with E-state index in [0.29, 0.717) is 0 Å². The van der Waals surface area contributed by atoms with Crippen molar-refractivity contribution in [2.45, 2.75) is 0 Å². The van der Waals surface area contributed by atoms with Crippen LogP contribution < -0.4 is 0 Å². The van der Waals surface area contributed by atoms with Gasteiger partial charge in [0.05, 0.1) is 0 Å². The maximum absolute atomic E-state index is 9.63. The Labute approximate surface area is 157 Å². The molecule has 0 amide bonds. The minimum absolute atomic E-state index is 1.31. The van der Waals surface area contributed by atoms with Crippen LogP contribution >= 0.6 is 31.3 Å². The first kappa shape index (κ1) is 27.2. The molecule has 14 nitrogen and oxygen atoms in total. The van der Waals surface area contributed by atoms with Crippen LogP contribution in [0.25, 0.3) is 10.8 Å². The van der Waals surface area contributed by atoms with E-state index in [9.17, 15) is 18.3 Å². The SMILES string of the molecule is O=P(O)(O)OP(=O)(O)O.O=P(O)(O)OP(=O)(O)O.c1ccc2ccccc2c1. The Kier molecular flexibility index (Phi) is 10.5. The Hall–Kier alpha value is -0.780. The van der Waals surface area contributed by atoms with Crippen molar-refractivity contribution in [3.63, 3.8) is 0 Å². The van der Waals surface area contributed by atoms with Crippen LogP contribution in [0, 0.1) is 0 Å². The summed E-state index contributed by atoms with van der Waals surface area (Å²) in [7, 11) is -20.2. The van der Waals surface area contributed by atoms with Gasteiger partial charge in [-0.2, -0.15) is 8.62 Å². The molecule has 0 fully saturated rings. The number of hydrogen-bond acceptors (Lipinski definition) is 6. The molecular weight excluding hydrogens is 468 g/mol. The van der Waals surface area contributed by atoms with Crippen LogP contribution in [0.4, 0.5) is 0 Å². The van der Waals surface area contributed by atoms with Gasteiger partial charge in [0.25, 0.3) is 0 Å². The van der Waals surface area contributed by atoms with Crippen LogP contribution in [-0.2, 0) is 26.9 Å². The van der Waals surface area contributed by atoms with Crippen LogP contribution in [0.2, 0.25) is 0 Å². The molecule has 0 aromatic heterocycles. The minimum atomic E-state index is -5.05. The van der Waals surface area contributed by atoms with Crippen molar-refractivity contribution in [1.29, 1.82) is 0 Å². The fraction of sp³-hybridized carbons (Fsp3) is 0. The van der Waals surface area contributed by atoms with Crippen molar-refractivity contribution >= 4 is 42.1 Å². The number of benzene rings is 2. The molecule has 0 heterocycles. The van der Waals surface area contributed by atoms with Gasteiger partial charge in [-0.1, -0.05) is 48.5 Å². The summed E-state index contributed by atoms with van der Waals surface area (Å²) < 4.78 is 44.4. The second-order valence-electron chi connectivity index (χ2n) is 4.47. The number of hydrogen-bond donors (Lipinski definition) is 8. The highest BCUT2D eigenvalue weighted by Crippen LogP contribution is 2.54. The van der Waals surface area contributed by atoms with Gasteiger partial charge in [0.1, 0.15) is 0 Å². The standard InChI is InChI=1S/C10H8.2H4O7P2/c1-2-6-10-8-4-3-7-9(10)5-1;2*1-8(2,3)7-9(4,5)6/h1-8H;2*(H2,1,2,3)(H2,4,5,6). The molecule has 28 heavy (non-hydrogen) atoms. The summed E-state index contributed by atoms with van der Waals surface area (Å²) in [6, 6.07) is 16.7. The van der Waals surface area contributed by atoms with Crippen molar-refractivity contribution in [2.75, 3.05) is 0 Å². The second-order valence-corrected chi connectivity index (χ2v) is 9.70. The summed E-state index contributed by atoms with van der Waals surface area (Å²) in [5.41, 5.74) is 0. The van der Waals surface area contributed by atoms with E-state index in [2.05, 4.69) is 57.2 Å². The molecule has 0 saturated carbocycles. The summed E-state index contributed by atoms with van der Waals surface area (Å²) in [6.45, 7) is 0. The van der Waals surface area contributed by atoms with Crippen LogP contribution in [0.15, 0.2) is 48.5 Å². The normalized spacial score (nSPS) is 12.4. The van der Waals surface area contributed by atoms with Gasteiger partial charge in [-0.15, -0.1) is 0 Å². The van der Waals surface area contributed by atoms with Gasteiger partial charge in [0, 0.05) is 0 Å². The maximum Gasteiger partial charge on any atom is 0.478 e. The van der Waals surface area contributed by atoms with Gasteiger partial charge >= 0.3 is 31.3 Å². The smallest absolute Gasteiger partial charge is 0.302 e. The first-order valence-corrected chi connectivity index (χ1v) is 12.6. The Morgan fingerprint density at radius 1 is 0.464 bits per heavy atom. The molecule has 8 N–H and O–H groups in total. The van der Waals surface area contributed by atoms with Crippen molar-refractivity contribution in [3.8, 4) is 0 Å². The summed E-state index contributed by atoms with van der Waals surface area (Å²) >= 11 is 0. The molecule has 0 saturated heterocycles. The van der Waals surface area contributed by atoms with E-state index in [0.717, 1.165) is 0 Å². The highest BCUT2D eigenvalue weighted by Gasteiger charge is 2.28. The van der Waals surface area contributed by atoms with Crippen LogP contribution in [0.5, 0.6) is 0 Å². The van der Waals surface area contributed by atoms with Crippen LogP contribution in [-0.4, -0.2) is 39.1 Å². The average molecular weight is 484 g/mol. The fourth-order valence-electron chi connectivity index (χ4n) is 1.41. The lowest BCUT2D eigenvalue weighted by Crippen LogP contribution is -1.84. The number of phosphoric acid groups is 4. The third kappa shape index (κ3) is 17.3. The van der Waals surface area contributed by atoms with Crippen molar-refractivity contribution in [2.24, 2.45) is 0 Å². The van der Waals surface area contributed by atoms with Crippen molar-refractivity contribution in [1.82, 2.24) is 0 Å². The summed E-state index contributed by atoms with van der Waals surface area (Å²) in [6.07, 6.45) is 0. The highest BCUT2D eigenvalue weighted by molar-refractivity contribution is 7.60. The minimum Gasteiger partial charge on any atom is -0.302 e. The first-order chi connectivity index (χ1) is 12.4. The van der Waals surface area contributed by atoms with Crippen molar-refractivity contribution in [3.05, 3.63) is 48.5 Å². The Bertz CT molecular complexity index is 789. The zero-order valence-electron chi connectivity index (χ0n) is 13.4. The van der Waals surface area contributed by atoms with Gasteiger partial charge in [0.15, 0.2) is 0 Å². The molecule has 2 aromatic rings. The summed E-state index contributed by atoms with van der Waals surface area (Å²) in [5, 5.41) is 2.62. The molecule has 2 rings (SSSR count). The molecule has 0 aliphatic heterocycles. The molecule has 0 radical (unpaired) electrons. The molecule has 0 bridgehead atoms. The van der Waals surface area contributed by atoms with Crippen LogP contribution in [0.1, 0.15) is 0 Å². The van der Waals surface area contributed by atoms with Gasteiger partial charge < -0.3 is 39.1 Å². The molecule has 0 atom stereocenters. The fourth-order valence-corrected chi connectivity index (χ4v) is 3.63. The third-order valence-electron chi connectivity index (χ3n) is 2.08. The largest absolute Gasteiger partial charge is 0.478 e. The number of rotatable bonds is 4. The summed E-state index contributed by atoms with van der Waals surface area (Å²) in [5.74, 6) is 0. The molecule has 0 aliphatic carbocycles. The molecule has 0 spiro atoms. The van der Waals surface area contributed by atoms with E-state index >= 15 is 0 Å². The number of fused-ring (bicyclic) bond motifs is 1. The Balaban J connectivity index is 0.000000392. The average Bonchev–Trinajstić information content (AvgIpc) is 2.41. The lowest BCUT2D eigenvalue weighted by Gasteiger charge is -2.03. The monoisotopic (exact) mass is 484 g/mol. The molecule has 160 valence electrons. The molecule has 2 aromatic carbocycles. The van der Waals surface area contributed by atoms with Gasteiger partial charge in [-0.05, 0) is 10.8 Å². The molecule has 0 unspecified atom stereocenters. The van der Waals surface area contributed by atoms with Gasteiger partial charge in [-0.3, -0.25) is 0 Å². The predicted molar refractivity (Wildman–Crippen MR) is 94.3 cm³/mol. The second kappa shape index (κ2) is 10.8. The lowest BCUT2D eigenvalue weighted by atomic mass is 10.1. The van der Waals surface area contributed by atoms with E-state index in [1.165, 1.54) is 10.8 Å². The van der Waals surface area contributed by atoms with Gasteiger partial charge in [0.2, 0.25) is 0 Å². The van der Waals surface area contributed by atoms with Gasteiger partial charge in [-0.25, -0.2) is 18.3 Å². The Morgan fingerprint density at radius 2 is 0.643 bits per heavy atom. The quantitative estimate of drug-likeness (QED) is 0.284. The van der Waals surface area contributed by atoms with E-state index in [-0.39, 0.29) is 0 Å². The molecule has 0 aliphatic rings. The maximum atomic E-state index is 9.63. The van der Waals surface area contributed by atoms with E-state index in [4.69, 9.17) is 39.1 Å². The highest BCUT2D eigenvalue weighted by atomic mass is 31.3. The van der Waals surface area contributed by atoms with E-state index < -0.39 is 31.3 Å².